The number of carbonyl (C=O) groups is 3. The van der Waals surface area contributed by atoms with Gasteiger partial charge in [0.1, 0.15) is 0 Å². The van der Waals surface area contributed by atoms with Crippen LogP contribution in [0.25, 0.3) is 0 Å². The van der Waals surface area contributed by atoms with Gasteiger partial charge < -0.3 is 14.8 Å². The van der Waals surface area contributed by atoms with Crippen LogP contribution in [-0.2, 0) is 4.79 Å². The number of nitrogens with zero attached hydrogens (tertiary/aromatic N) is 1. The van der Waals surface area contributed by atoms with Gasteiger partial charge in [0.15, 0.2) is 11.5 Å². The summed E-state index contributed by atoms with van der Waals surface area (Å²) in [7, 11) is 0. The fraction of sp³-hybridized carbons (Fsp3) is 0.185. The normalized spacial score (nSPS) is 10.7. The zero-order valence-electron chi connectivity index (χ0n) is 19.8. The number of nitrogens with one attached hydrogen (secondary N) is 2. The van der Waals surface area contributed by atoms with Gasteiger partial charge in [-0.1, -0.05) is 32.0 Å². The minimum atomic E-state index is -0.491. The van der Waals surface area contributed by atoms with E-state index in [1.807, 2.05) is 13.0 Å². The van der Waals surface area contributed by atoms with E-state index in [0.29, 0.717) is 34.7 Å². The van der Waals surface area contributed by atoms with Gasteiger partial charge in [-0.2, -0.15) is 5.10 Å². The second kappa shape index (κ2) is 12.1. The molecule has 0 heterocycles. The number of anilines is 1. The summed E-state index contributed by atoms with van der Waals surface area (Å²) < 4.78 is 11.1. The predicted octanol–water partition coefficient (Wildman–Crippen LogP) is 4.66. The molecule has 2 amide bonds. The van der Waals surface area contributed by atoms with E-state index in [2.05, 4.69) is 15.8 Å². The lowest BCUT2D eigenvalue weighted by Gasteiger charge is -2.11. The van der Waals surface area contributed by atoms with Crippen molar-refractivity contribution in [2.24, 2.45) is 11.0 Å². The van der Waals surface area contributed by atoms with Crippen LogP contribution in [0.1, 0.15) is 47.1 Å². The highest BCUT2D eigenvalue weighted by atomic mass is 16.6. The first-order valence-electron chi connectivity index (χ1n) is 11.2. The SMILES string of the molecule is CCOc1cc(/C=N/NC(=O)c2ccc(NC(=O)C(C)C)cc2)ccc1OC(=O)c1ccccc1. The number of carbonyl (C=O) groups excluding carboxylic acids is 3. The van der Waals surface area contributed by atoms with Gasteiger partial charge >= 0.3 is 5.97 Å². The summed E-state index contributed by atoms with van der Waals surface area (Å²) in [4.78, 5) is 36.5. The molecule has 0 saturated heterocycles. The number of benzene rings is 3. The van der Waals surface area contributed by atoms with Crippen molar-refractivity contribution in [1.82, 2.24) is 5.43 Å². The van der Waals surface area contributed by atoms with Gasteiger partial charge in [-0.05, 0) is 67.1 Å². The molecule has 3 aromatic carbocycles. The monoisotopic (exact) mass is 473 g/mol. The summed E-state index contributed by atoms with van der Waals surface area (Å²) in [6, 6.07) is 20.1. The van der Waals surface area contributed by atoms with E-state index in [9.17, 15) is 14.4 Å². The Bertz CT molecular complexity index is 1210. The van der Waals surface area contributed by atoms with E-state index in [4.69, 9.17) is 9.47 Å². The molecule has 0 aliphatic carbocycles. The quantitative estimate of drug-likeness (QED) is 0.203. The van der Waals surface area contributed by atoms with E-state index in [-0.39, 0.29) is 17.6 Å². The Labute approximate surface area is 204 Å². The average Bonchev–Trinajstić information content (AvgIpc) is 2.86. The van der Waals surface area contributed by atoms with E-state index < -0.39 is 11.9 Å². The number of hydrogen-bond acceptors (Lipinski definition) is 6. The molecule has 3 aromatic rings. The Morgan fingerprint density at radius 3 is 2.29 bits per heavy atom. The van der Waals surface area contributed by atoms with Crippen LogP contribution in [0.3, 0.4) is 0 Å². The van der Waals surface area contributed by atoms with E-state index in [1.165, 1.54) is 6.21 Å². The Balaban J connectivity index is 1.63. The highest BCUT2D eigenvalue weighted by Gasteiger charge is 2.13. The van der Waals surface area contributed by atoms with E-state index in [1.54, 1.807) is 80.6 Å². The van der Waals surface area contributed by atoms with Crippen molar-refractivity contribution >= 4 is 29.7 Å². The summed E-state index contributed by atoms with van der Waals surface area (Å²) in [5.74, 6) is -0.464. The lowest BCUT2D eigenvalue weighted by atomic mass is 10.1. The van der Waals surface area contributed by atoms with E-state index >= 15 is 0 Å². The Hall–Kier alpha value is -4.46. The predicted molar refractivity (Wildman–Crippen MR) is 134 cm³/mol. The molecular formula is C27H27N3O5. The number of hydrogen-bond donors (Lipinski definition) is 2. The van der Waals surface area contributed by atoms with E-state index in [0.717, 1.165) is 0 Å². The minimum absolute atomic E-state index is 0.0981. The van der Waals surface area contributed by atoms with Crippen molar-refractivity contribution in [1.29, 1.82) is 0 Å². The molecule has 3 rings (SSSR count). The third kappa shape index (κ3) is 7.26. The van der Waals surface area contributed by atoms with Gasteiger partial charge in [0.25, 0.3) is 5.91 Å². The minimum Gasteiger partial charge on any atom is -0.490 e. The smallest absolute Gasteiger partial charge is 0.343 e. The molecule has 0 radical (unpaired) electrons. The zero-order valence-corrected chi connectivity index (χ0v) is 19.8. The molecule has 0 saturated carbocycles. The number of rotatable bonds is 9. The highest BCUT2D eigenvalue weighted by molar-refractivity contribution is 5.96. The molecule has 35 heavy (non-hydrogen) atoms. The maximum atomic E-state index is 12.4. The van der Waals surface area contributed by atoms with Crippen molar-refractivity contribution < 1.29 is 23.9 Å². The Morgan fingerprint density at radius 1 is 0.914 bits per heavy atom. The molecule has 8 nitrogen and oxygen atoms in total. The molecule has 0 unspecified atom stereocenters. The maximum absolute atomic E-state index is 12.4. The molecule has 0 bridgehead atoms. The fourth-order valence-electron chi connectivity index (χ4n) is 2.91. The van der Waals surface area contributed by atoms with Crippen LogP contribution in [0.4, 0.5) is 5.69 Å². The number of ether oxygens (including phenoxy) is 2. The Kier molecular flexibility index (Phi) is 8.72. The summed E-state index contributed by atoms with van der Waals surface area (Å²) in [6.45, 7) is 5.80. The number of hydrazone groups is 1. The van der Waals surface area contributed by atoms with Gasteiger partial charge in [0.2, 0.25) is 5.91 Å². The van der Waals surface area contributed by atoms with Crippen LogP contribution in [0, 0.1) is 5.92 Å². The molecular weight excluding hydrogens is 446 g/mol. The van der Waals surface area contributed by atoms with Crippen molar-refractivity contribution in [2.45, 2.75) is 20.8 Å². The topological polar surface area (TPSA) is 106 Å². The van der Waals surface area contributed by atoms with Crippen molar-refractivity contribution in [3.05, 3.63) is 89.5 Å². The van der Waals surface area contributed by atoms with Crippen LogP contribution in [-0.4, -0.2) is 30.6 Å². The van der Waals surface area contributed by atoms with Crippen LogP contribution in [0.2, 0.25) is 0 Å². The van der Waals surface area contributed by atoms with Crippen LogP contribution < -0.4 is 20.2 Å². The fourth-order valence-corrected chi connectivity index (χ4v) is 2.91. The van der Waals surface area contributed by atoms with Crippen LogP contribution >= 0.6 is 0 Å². The summed E-state index contributed by atoms with van der Waals surface area (Å²) >= 11 is 0. The summed E-state index contributed by atoms with van der Waals surface area (Å²) in [5.41, 5.74) is 4.53. The number of amides is 2. The van der Waals surface area contributed by atoms with Crippen molar-refractivity contribution in [3.8, 4) is 11.5 Å². The lowest BCUT2D eigenvalue weighted by molar-refractivity contribution is -0.118. The molecule has 8 heteroatoms. The van der Waals surface area contributed by atoms with Gasteiger partial charge in [0.05, 0.1) is 18.4 Å². The van der Waals surface area contributed by atoms with Gasteiger partial charge in [-0.15, -0.1) is 0 Å². The third-order valence-electron chi connectivity index (χ3n) is 4.80. The highest BCUT2D eigenvalue weighted by Crippen LogP contribution is 2.29. The zero-order chi connectivity index (χ0) is 25.2. The van der Waals surface area contributed by atoms with Crippen LogP contribution in [0.5, 0.6) is 11.5 Å². The second-order valence-corrected chi connectivity index (χ2v) is 7.82. The molecule has 2 N–H and O–H groups in total. The number of esters is 1. The Morgan fingerprint density at radius 2 is 1.63 bits per heavy atom. The lowest BCUT2D eigenvalue weighted by Crippen LogP contribution is -2.19. The first-order chi connectivity index (χ1) is 16.9. The molecule has 0 aliphatic rings. The van der Waals surface area contributed by atoms with Gasteiger partial charge in [-0.25, -0.2) is 10.2 Å². The maximum Gasteiger partial charge on any atom is 0.343 e. The van der Waals surface area contributed by atoms with Crippen LogP contribution in [0.15, 0.2) is 77.9 Å². The largest absolute Gasteiger partial charge is 0.490 e. The molecule has 0 aromatic heterocycles. The standard InChI is InChI=1S/C27H27N3O5/c1-4-34-24-16-19(10-15-23(24)35-27(33)21-8-6-5-7-9-21)17-28-30-26(32)20-11-13-22(14-12-20)29-25(31)18(2)3/h5-18H,4H2,1-3H3,(H,29,31)(H,30,32)/b28-17+. The van der Waals surface area contributed by atoms with Crippen molar-refractivity contribution in [2.75, 3.05) is 11.9 Å². The molecule has 0 spiro atoms. The molecule has 180 valence electrons. The summed E-state index contributed by atoms with van der Waals surface area (Å²) in [5, 5.41) is 6.76. The summed E-state index contributed by atoms with van der Waals surface area (Å²) in [6.07, 6.45) is 1.46. The first kappa shape index (κ1) is 25.2. The molecule has 0 atom stereocenters. The van der Waals surface area contributed by atoms with Gasteiger partial charge in [-0.3, -0.25) is 9.59 Å². The third-order valence-corrected chi connectivity index (χ3v) is 4.80. The van der Waals surface area contributed by atoms with Gasteiger partial charge in [0, 0.05) is 17.2 Å². The first-order valence-corrected chi connectivity index (χ1v) is 11.2. The molecule has 0 fully saturated rings. The van der Waals surface area contributed by atoms with Crippen molar-refractivity contribution in [3.63, 3.8) is 0 Å². The second-order valence-electron chi connectivity index (χ2n) is 7.82. The average molecular weight is 474 g/mol. The molecule has 0 aliphatic heterocycles.